The van der Waals surface area contributed by atoms with E-state index in [1.165, 1.54) is 12.1 Å². The monoisotopic (exact) mass is 457 g/mol. The van der Waals surface area contributed by atoms with Crippen LogP contribution in [-0.2, 0) is 16.1 Å². The molecule has 4 N–H and O–H groups in total. The molecule has 0 bridgehead atoms. The minimum atomic E-state index is -0.715. The van der Waals surface area contributed by atoms with Crippen molar-refractivity contribution in [2.45, 2.75) is 31.2 Å². The molecule has 0 aromatic heterocycles. The second-order valence-corrected chi connectivity index (χ2v) is 7.58. The largest absolute Gasteiger partial charge is 0.454 e. The van der Waals surface area contributed by atoms with Crippen LogP contribution in [0.3, 0.4) is 0 Å². The van der Waals surface area contributed by atoms with E-state index in [0.717, 1.165) is 5.56 Å². The van der Waals surface area contributed by atoms with Crippen molar-refractivity contribution < 1.29 is 33.3 Å². The van der Waals surface area contributed by atoms with Gasteiger partial charge in [0.15, 0.2) is 11.5 Å². The van der Waals surface area contributed by atoms with Crippen LogP contribution in [0.5, 0.6) is 11.5 Å². The zero-order valence-electron chi connectivity index (χ0n) is 17.6. The fourth-order valence-corrected chi connectivity index (χ4v) is 3.49. The van der Waals surface area contributed by atoms with Crippen molar-refractivity contribution in [3.05, 3.63) is 66.0 Å². The second-order valence-electron chi connectivity index (χ2n) is 7.58. The molecule has 33 heavy (non-hydrogen) atoms. The molecule has 2 aliphatic rings. The van der Waals surface area contributed by atoms with Crippen molar-refractivity contribution in [2.75, 3.05) is 18.7 Å². The molecule has 3 amide bonds. The van der Waals surface area contributed by atoms with Gasteiger partial charge in [0.2, 0.25) is 12.7 Å². The van der Waals surface area contributed by atoms with Gasteiger partial charge in [-0.2, -0.15) is 0 Å². The molecule has 10 heteroatoms. The van der Waals surface area contributed by atoms with Gasteiger partial charge in [0.1, 0.15) is 11.9 Å². The fourth-order valence-electron chi connectivity index (χ4n) is 3.49. The van der Waals surface area contributed by atoms with Gasteiger partial charge < -0.3 is 35.3 Å². The molecule has 0 saturated heterocycles. The molecule has 2 heterocycles. The number of nitrogens with one attached hydrogen (secondary N) is 3. The summed E-state index contributed by atoms with van der Waals surface area (Å²) in [5.41, 5.74) is 1.30. The topological polar surface area (TPSA) is 118 Å². The number of halogens is 1. The van der Waals surface area contributed by atoms with E-state index >= 15 is 0 Å². The van der Waals surface area contributed by atoms with Crippen molar-refractivity contribution in [3.8, 4) is 11.5 Å². The lowest BCUT2D eigenvalue weighted by Gasteiger charge is -2.31. The molecular formula is C23H24FN3O6. The van der Waals surface area contributed by atoms with Crippen LogP contribution in [0, 0.1) is 5.82 Å². The molecule has 0 fully saturated rings. The Bertz CT molecular complexity index is 1030. The summed E-state index contributed by atoms with van der Waals surface area (Å²) >= 11 is 0. The Morgan fingerprint density at radius 1 is 1.06 bits per heavy atom. The smallest absolute Gasteiger partial charge is 0.319 e. The first kappa shape index (κ1) is 22.6. The first-order valence-corrected chi connectivity index (χ1v) is 10.4. The van der Waals surface area contributed by atoms with Gasteiger partial charge in [0.25, 0.3) is 0 Å². The Morgan fingerprint density at radius 3 is 2.64 bits per heavy atom. The third-order valence-corrected chi connectivity index (χ3v) is 5.18. The summed E-state index contributed by atoms with van der Waals surface area (Å²) in [6.07, 6.45) is 2.15. The van der Waals surface area contributed by atoms with Crippen LogP contribution in [0.4, 0.5) is 14.9 Å². The number of benzene rings is 2. The van der Waals surface area contributed by atoms with Crippen LogP contribution in [-0.4, -0.2) is 48.7 Å². The third kappa shape index (κ3) is 5.99. The zero-order chi connectivity index (χ0) is 23.2. The van der Waals surface area contributed by atoms with Crippen LogP contribution in [0.15, 0.2) is 54.6 Å². The average molecular weight is 457 g/mol. The number of urea groups is 1. The van der Waals surface area contributed by atoms with Crippen molar-refractivity contribution >= 4 is 17.6 Å². The lowest BCUT2D eigenvalue weighted by molar-refractivity contribution is -0.125. The third-order valence-electron chi connectivity index (χ3n) is 5.18. The summed E-state index contributed by atoms with van der Waals surface area (Å²) in [5.74, 6) is 0.561. The summed E-state index contributed by atoms with van der Waals surface area (Å²) in [6, 6.07) is 9.82. The maximum Gasteiger partial charge on any atom is 0.319 e. The van der Waals surface area contributed by atoms with Gasteiger partial charge in [-0.15, -0.1) is 0 Å². The van der Waals surface area contributed by atoms with Gasteiger partial charge in [0.05, 0.1) is 25.2 Å². The second kappa shape index (κ2) is 10.3. The minimum absolute atomic E-state index is 0.0459. The average Bonchev–Trinajstić information content (AvgIpc) is 3.27. The van der Waals surface area contributed by atoms with E-state index in [1.807, 2.05) is 0 Å². The number of anilines is 1. The van der Waals surface area contributed by atoms with E-state index in [0.29, 0.717) is 17.2 Å². The lowest BCUT2D eigenvalue weighted by atomic mass is 10.0. The number of amides is 3. The Morgan fingerprint density at radius 2 is 1.85 bits per heavy atom. The van der Waals surface area contributed by atoms with Gasteiger partial charge >= 0.3 is 6.03 Å². The number of fused-ring (bicyclic) bond motifs is 1. The number of aliphatic hydroxyl groups excluding tert-OH is 1. The summed E-state index contributed by atoms with van der Waals surface area (Å²) in [6.45, 7) is 0.0645. The quantitative estimate of drug-likeness (QED) is 0.473. The van der Waals surface area contributed by atoms with Crippen molar-refractivity contribution in [1.82, 2.24) is 10.6 Å². The molecule has 0 radical (unpaired) electrons. The molecule has 0 saturated carbocycles. The normalized spacial score (nSPS) is 20.8. The van der Waals surface area contributed by atoms with Crippen LogP contribution in [0.2, 0.25) is 0 Å². The van der Waals surface area contributed by atoms with E-state index < -0.39 is 24.3 Å². The summed E-state index contributed by atoms with van der Waals surface area (Å²) in [4.78, 5) is 24.6. The van der Waals surface area contributed by atoms with Gasteiger partial charge in [-0.25, -0.2) is 9.18 Å². The molecule has 2 aromatic carbocycles. The molecule has 2 aromatic rings. The standard InChI is InChI=1S/C23H24FN3O6/c24-15-3-1-14(2-4-15)11-25-22(29)10-17-6-7-18(21(12-28)33-17)27-23(30)26-16-5-8-19-20(9-16)32-13-31-19/h1-9,17-18,21,28H,10-13H2,(H,25,29)(H2,26,27,30)/t17-,18+,21+/m0/s1. The molecule has 2 aliphatic heterocycles. The number of aliphatic hydroxyl groups is 1. The highest BCUT2D eigenvalue weighted by Crippen LogP contribution is 2.34. The zero-order valence-corrected chi connectivity index (χ0v) is 17.6. The maximum atomic E-state index is 13.0. The summed E-state index contributed by atoms with van der Waals surface area (Å²) in [5, 5.41) is 17.9. The van der Waals surface area contributed by atoms with E-state index in [9.17, 15) is 19.1 Å². The molecule has 0 aliphatic carbocycles. The SMILES string of the molecule is O=C(C[C@@H]1C=C[C@@H](NC(=O)Nc2ccc3c(c2)OCO3)[C@@H](CO)O1)NCc1ccc(F)cc1. The van der Waals surface area contributed by atoms with E-state index in [4.69, 9.17) is 14.2 Å². The molecule has 3 atom stereocenters. The molecule has 9 nitrogen and oxygen atoms in total. The summed E-state index contributed by atoms with van der Waals surface area (Å²) < 4.78 is 29.3. The van der Waals surface area contributed by atoms with Crippen molar-refractivity contribution in [1.29, 1.82) is 0 Å². The Balaban J connectivity index is 1.26. The van der Waals surface area contributed by atoms with Crippen LogP contribution in [0.25, 0.3) is 0 Å². The number of ether oxygens (including phenoxy) is 3. The van der Waals surface area contributed by atoms with Crippen LogP contribution >= 0.6 is 0 Å². The first-order chi connectivity index (χ1) is 16.0. The molecule has 0 spiro atoms. The van der Waals surface area contributed by atoms with Crippen LogP contribution in [0.1, 0.15) is 12.0 Å². The highest BCUT2D eigenvalue weighted by atomic mass is 19.1. The van der Waals surface area contributed by atoms with Crippen molar-refractivity contribution in [3.63, 3.8) is 0 Å². The van der Waals surface area contributed by atoms with Crippen LogP contribution < -0.4 is 25.4 Å². The van der Waals surface area contributed by atoms with Gasteiger partial charge in [-0.05, 0) is 29.8 Å². The first-order valence-electron chi connectivity index (χ1n) is 10.4. The Kier molecular flexibility index (Phi) is 7.06. The predicted molar refractivity (Wildman–Crippen MR) is 116 cm³/mol. The van der Waals surface area contributed by atoms with E-state index in [-0.39, 0.29) is 38.1 Å². The van der Waals surface area contributed by atoms with Gasteiger partial charge in [0, 0.05) is 18.3 Å². The number of carbonyl (C=O) groups excluding carboxylic acids is 2. The maximum absolute atomic E-state index is 13.0. The number of rotatable bonds is 7. The highest BCUT2D eigenvalue weighted by Gasteiger charge is 2.29. The molecule has 0 unspecified atom stereocenters. The van der Waals surface area contributed by atoms with E-state index in [2.05, 4.69) is 16.0 Å². The highest BCUT2D eigenvalue weighted by molar-refractivity contribution is 5.90. The van der Waals surface area contributed by atoms with Gasteiger partial charge in [-0.1, -0.05) is 24.3 Å². The minimum Gasteiger partial charge on any atom is -0.454 e. The number of hydrogen-bond acceptors (Lipinski definition) is 6. The number of carbonyl (C=O) groups is 2. The lowest BCUT2D eigenvalue weighted by Crippen LogP contribution is -2.50. The number of hydrogen-bond donors (Lipinski definition) is 4. The predicted octanol–water partition coefficient (Wildman–Crippen LogP) is 2.07. The molecule has 174 valence electrons. The molecular weight excluding hydrogens is 433 g/mol. The molecule has 4 rings (SSSR count). The Hall–Kier alpha value is -3.63. The van der Waals surface area contributed by atoms with Crippen molar-refractivity contribution in [2.24, 2.45) is 0 Å². The Labute approximate surface area is 189 Å². The fraction of sp³-hybridized carbons (Fsp3) is 0.304. The summed E-state index contributed by atoms with van der Waals surface area (Å²) in [7, 11) is 0. The van der Waals surface area contributed by atoms with E-state index in [1.54, 1.807) is 42.5 Å². The van der Waals surface area contributed by atoms with Gasteiger partial charge in [-0.3, -0.25) is 4.79 Å².